The summed E-state index contributed by atoms with van der Waals surface area (Å²) in [4.78, 5) is 11.6. The van der Waals surface area contributed by atoms with E-state index in [0.29, 0.717) is 6.61 Å². The van der Waals surface area contributed by atoms with Crippen LogP contribution in [-0.2, 0) is 9.53 Å². The van der Waals surface area contributed by atoms with E-state index in [1.165, 1.54) is 6.42 Å². The highest BCUT2D eigenvalue weighted by atomic mass is 33.1. The molecule has 0 radical (unpaired) electrons. The lowest BCUT2D eigenvalue weighted by Crippen LogP contribution is -2.33. The largest absolute Gasteiger partial charge is 0.465 e. The molecule has 2 nitrogen and oxygen atoms in total. The van der Waals surface area contributed by atoms with Crippen LogP contribution in [0.5, 0.6) is 0 Å². The fraction of sp³-hybridized carbons (Fsp3) is 0.909. The van der Waals surface area contributed by atoms with Gasteiger partial charge in [-0.05, 0) is 19.3 Å². The Morgan fingerprint density at radius 2 is 2.07 bits per heavy atom. The molecule has 1 saturated heterocycles. The van der Waals surface area contributed by atoms with E-state index in [1.54, 1.807) is 0 Å². The predicted octanol–water partition coefficient (Wildman–Crippen LogP) is 3.12. The second kappa shape index (κ2) is 5.00. The maximum absolute atomic E-state index is 11.6. The van der Waals surface area contributed by atoms with E-state index in [4.69, 9.17) is 4.74 Å². The molecular formula is C11H18O2S2. The monoisotopic (exact) mass is 246 g/mol. The summed E-state index contributed by atoms with van der Waals surface area (Å²) in [6.45, 7) is 2.84. The summed E-state index contributed by atoms with van der Waals surface area (Å²) < 4.78 is 5.46. The molecule has 2 aliphatic rings. The van der Waals surface area contributed by atoms with Crippen LogP contribution in [0.3, 0.4) is 0 Å². The van der Waals surface area contributed by atoms with E-state index >= 15 is 0 Å². The predicted molar refractivity (Wildman–Crippen MR) is 65.9 cm³/mol. The SMILES string of the molecule is CCC1(COC(=O)C2CCC2)CSSC1. The number of carbonyl (C=O) groups excluding carboxylic acids is 1. The lowest BCUT2D eigenvalue weighted by molar-refractivity contribution is -0.154. The molecule has 2 rings (SSSR count). The molecule has 86 valence electrons. The minimum Gasteiger partial charge on any atom is -0.465 e. The first-order chi connectivity index (χ1) is 7.26. The van der Waals surface area contributed by atoms with E-state index < -0.39 is 0 Å². The van der Waals surface area contributed by atoms with Crippen LogP contribution in [-0.4, -0.2) is 24.1 Å². The summed E-state index contributed by atoms with van der Waals surface area (Å²) in [5, 5.41) is 0. The molecule has 0 bridgehead atoms. The Labute approximate surface area is 99.3 Å². The average Bonchev–Trinajstić information content (AvgIpc) is 2.61. The third-order valence-corrected chi connectivity index (χ3v) is 6.36. The zero-order valence-electron chi connectivity index (χ0n) is 9.16. The van der Waals surface area contributed by atoms with Gasteiger partial charge in [0, 0.05) is 16.9 Å². The third-order valence-electron chi connectivity index (χ3n) is 3.52. The fourth-order valence-corrected chi connectivity index (χ4v) is 5.33. The second-order valence-electron chi connectivity index (χ2n) is 4.61. The van der Waals surface area contributed by atoms with Crippen molar-refractivity contribution in [2.24, 2.45) is 11.3 Å². The molecule has 1 saturated carbocycles. The number of rotatable bonds is 4. The van der Waals surface area contributed by atoms with E-state index in [2.05, 4.69) is 6.92 Å². The lowest BCUT2D eigenvalue weighted by atomic mass is 9.85. The van der Waals surface area contributed by atoms with Gasteiger partial charge in [-0.1, -0.05) is 34.9 Å². The molecule has 0 aromatic rings. The van der Waals surface area contributed by atoms with Crippen molar-refractivity contribution in [1.82, 2.24) is 0 Å². The number of hydrogen-bond acceptors (Lipinski definition) is 4. The number of carbonyl (C=O) groups is 1. The molecule has 1 aliphatic carbocycles. The second-order valence-corrected chi connectivity index (χ2v) is 7.08. The fourth-order valence-electron chi connectivity index (χ4n) is 1.75. The van der Waals surface area contributed by atoms with Gasteiger partial charge in [0.05, 0.1) is 12.5 Å². The van der Waals surface area contributed by atoms with E-state index in [0.717, 1.165) is 30.8 Å². The summed E-state index contributed by atoms with van der Waals surface area (Å²) in [7, 11) is 3.82. The van der Waals surface area contributed by atoms with Crippen LogP contribution in [0.2, 0.25) is 0 Å². The van der Waals surface area contributed by atoms with E-state index in [1.807, 2.05) is 21.6 Å². The number of hydrogen-bond donors (Lipinski definition) is 0. The molecule has 2 fully saturated rings. The highest BCUT2D eigenvalue weighted by Gasteiger charge is 2.36. The van der Waals surface area contributed by atoms with Gasteiger partial charge in [-0.25, -0.2) is 0 Å². The molecule has 0 amide bonds. The highest BCUT2D eigenvalue weighted by molar-refractivity contribution is 8.77. The molecule has 4 heteroatoms. The number of ether oxygens (including phenoxy) is 1. The summed E-state index contributed by atoms with van der Waals surface area (Å²) in [6.07, 6.45) is 4.40. The lowest BCUT2D eigenvalue weighted by Gasteiger charge is -2.28. The van der Waals surface area contributed by atoms with E-state index in [-0.39, 0.29) is 17.3 Å². The Bertz CT molecular complexity index is 233. The van der Waals surface area contributed by atoms with E-state index in [9.17, 15) is 4.79 Å². The summed E-state index contributed by atoms with van der Waals surface area (Å²) in [5.74, 6) is 2.54. The number of esters is 1. The van der Waals surface area contributed by atoms with Crippen LogP contribution < -0.4 is 0 Å². The minimum atomic E-state index is 0.0518. The summed E-state index contributed by atoms with van der Waals surface area (Å²) in [5.41, 5.74) is 0.259. The van der Waals surface area contributed by atoms with Crippen LogP contribution in [0.1, 0.15) is 32.6 Å². The van der Waals surface area contributed by atoms with Crippen LogP contribution in [0.4, 0.5) is 0 Å². The zero-order chi connectivity index (χ0) is 10.7. The van der Waals surface area contributed by atoms with Gasteiger partial charge < -0.3 is 4.74 Å². The van der Waals surface area contributed by atoms with Crippen molar-refractivity contribution in [3.05, 3.63) is 0 Å². The van der Waals surface area contributed by atoms with Crippen molar-refractivity contribution in [2.45, 2.75) is 32.6 Å². The molecule has 0 aromatic heterocycles. The highest BCUT2D eigenvalue weighted by Crippen LogP contribution is 2.45. The Hall–Kier alpha value is 0.170. The molecular weight excluding hydrogens is 228 g/mol. The molecule has 0 atom stereocenters. The molecule has 15 heavy (non-hydrogen) atoms. The van der Waals surface area contributed by atoms with Gasteiger partial charge in [-0.15, -0.1) is 0 Å². The standard InChI is InChI=1S/C11H18O2S2/c1-2-11(7-14-15-8-11)6-13-10(12)9-4-3-5-9/h9H,2-8H2,1H3. The van der Waals surface area contributed by atoms with Gasteiger partial charge in [0.25, 0.3) is 0 Å². The van der Waals surface area contributed by atoms with Crippen LogP contribution in [0.25, 0.3) is 0 Å². The van der Waals surface area contributed by atoms with Gasteiger partial charge in [-0.2, -0.15) is 0 Å². The van der Waals surface area contributed by atoms with Gasteiger partial charge in [0.2, 0.25) is 0 Å². The average molecular weight is 246 g/mol. The quantitative estimate of drug-likeness (QED) is 0.562. The van der Waals surface area contributed by atoms with Gasteiger partial charge >= 0.3 is 5.97 Å². The Balaban J connectivity index is 1.77. The van der Waals surface area contributed by atoms with Gasteiger partial charge in [-0.3, -0.25) is 4.79 Å². The maximum atomic E-state index is 11.6. The van der Waals surface area contributed by atoms with Crippen molar-refractivity contribution in [1.29, 1.82) is 0 Å². The smallest absolute Gasteiger partial charge is 0.308 e. The molecule has 1 heterocycles. The first-order valence-corrected chi connectivity index (χ1v) is 8.16. The minimum absolute atomic E-state index is 0.0518. The zero-order valence-corrected chi connectivity index (χ0v) is 10.8. The van der Waals surface area contributed by atoms with Crippen molar-refractivity contribution >= 4 is 27.6 Å². The van der Waals surface area contributed by atoms with Crippen molar-refractivity contribution in [3.8, 4) is 0 Å². The topological polar surface area (TPSA) is 26.3 Å². The van der Waals surface area contributed by atoms with Crippen molar-refractivity contribution < 1.29 is 9.53 Å². The maximum Gasteiger partial charge on any atom is 0.308 e. The van der Waals surface area contributed by atoms with Crippen molar-refractivity contribution in [3.63, 3.8) is 0 Å². The first-order valence-electron chi connectivity index (χ1n) is 5.67. The molecule has 1 aliphatic heterocycles. The first kappa shape index (κ1) is 11.6. The Morgan fingerprint density at radius 3 is 2.53 bits per heavy atom. The van der Waals surface area contributed by atoms with Gasteiger partial charge in [0.15, 0.2) is 0 Å². The van der Waals surface area contributed by atoms with Crippen LogP contribution in [0, 0.1) is 11.3 Å². The Kier molecular flexibility index (Phi) is 3.88. The summed E-state index contributed by atoms with van der Waals surface area (Å²) in [6, 6.07) is 0. The molecule has 0 spiro atoms. The Morgan fingerprint density at radius 1 is 1.40 bits per heavy atom. The van der Waals surface area contributed by atoms with Crippen LogP contribution in [0.15, 0.2) is 0 Å². The molecule has 0 unspecified atom stereocenters. The van der Waals surface area contributed by atoms with Gasteiger partial charge in [0.1, 0.15) is 0 Å². The molecule has 0 N–H and O–H groups in total. The summed E-state index contributed by atoms with van der Waals surface area (Å²) >= 11 is 0. The normalized spacial score (nSPS) is 24.9. The third kappa shape index (κ3) is 2.64. The molecule has 0 aromatic carbocycles. The van der Waals surface area contributed by atoms with Crippen LogP contribution >= 0.6 is 21.6 Å². The van der Waals surface area contributed by atoms with Crippen molar-refractivity contribution in [2.75, 3.05) is 18.1 Å².